The Hall–Kier alpha value is 0.120. The van der Waals surface area contributed by atoms with E-state index in [4.69, 9.17) is 0 Å². The first kappa shape index (κ1) is 8.92. The summed E-state index contributed by atoms with van der Waals surface area (Å²) in [5.41, 5.74) is 0. The number of ether oxygens (including phenoxy) is 1. The summed E-state index contributed by atoms with van der Waals surface area (Å²) < 4.78 is 4.00. The summed E-state index contributed by atoms with van der Waals surface area (Å²) in [5, 5.41) is 0. The van der Waals surface area contributed by atoms with Crippen molar-refractivity contribution in [3.63, 3.8) is 0 Å². The summed E-state index contributed by atoms with van der Waals surface area (Å²) >= 11 is 0. The third-order valence-electron chi connectivity index (χ3n) is 0. The number of rotatable bonds is 0. The molecule has 0 aromatic rings. The van der Waals surface area contributed by atoms with Crippen LogP contribution in [0.1, 0.15) is 0 Å². The predicted octanol–water partition coefficient (Wildman–Crippen LogP) is -2.57. The van der Waals surface area contributed by atoms with Gasteiger partial charge >= 0.3 is 0 Å². The molecule has 0 aliphatic heterocycles. The van der Waals surface area contributed by atoms with Crippen LogP contribution in [0, 0.1) is 7.11 Å². The lowest BCUT2D eigenvalue weighted by molar-refractivity contribution is -0.000000932. The molecule has 26 valence electrons. The molecule has 4 heavy (non-hydrogen) atoms. The maximum atomic E-state index is 4.00. The quantitative estimate of drug-likeness (QED) is 0.291. The van der Waals surface area contributed by atoms with Crippen LogP contribution < -0.4 is 12.4 Å². The van der Waals surface area contributed by atoms with Crippen LogP contribution in [0.4, 0.5) is 0 Å². The van der Waals surface area contributed by atoms with Gasteiger partial charge in [0.25, 0.3) is 0 Å². The van der Waals surface area contributed by atoms with Gasteiger partial charge in [-0.3, -0.25) is 0 Å². The Labute approximate surface area is 32.4 Å². The van der Waals surface area contributed by atoms with Crippen molar-refractivity contribution in [2.24, 2.45) is 0 Å². The lowest BCUT2D eigenvalue weighted by Gasteiger charge is -1.45. The lowest BCUT2D eigenvalue weighted by atomic mass is 11.6. The van der Waals surface area contributed by atoms with Crippen molar-refractivity contribution < 1.29 is 17.1 Å². The highest BCUT2D eigenvalue weighted by Gasteiger charge is 1.40. The van der Waals surface area contributed by atoms with Gasteiger partial charge in [0.1, 0.15) is 0 Å². The molecule has 0 aliphatic carbocycles. The van der Waals surface area contributed by atoms with Gasteiger partial charge in [0.15, 0.2) is 0 Å². The molecular weight excluding hydrogens is 75.5 g/mol. The average molecular weight is 80.5 g/mol. The van der Waals surface area contributed by atoms with Crippen molar-refractivity contribution in [2.45, 2.75) is 0 Å². The maximum absolute atomic E-state index is 4.00. The predicted molar refractivity (Wildman–Crippen MR) is 12.4 cm³/mol. The minimum Gasteiger partial charge on any atom is -1.00 e. The van der Waals surface area contributed by atoms with Crippen molar-refractivity contribution in [1.29, 1.82) is 0 Å². The summed E-state index contributed by atoms with van der Waals surface area (Å²) in [6, 6.07) is 0. The first-order valence-electron chi connectivity index (χ1n) is 0.697. The SMILES string of the molecule is [CH2+]OC.[Cl-]. The van der Waals surface area contributed by atoms with Gasteiger partial charge in [-0.2, -0.15) is 0 Å². The summed E-state index contributed by atoms with van der Waals surface area (Å²) in [6.45, 7) is 0. The van der Waals surface area contributed by atoms with Gasteiger partial charge in [0.05, 0.1) is 7.11 Å². The fourth-order valence-electron chi connectivity index (χ4n) is 0. The van der Waals surface area contributed by atoms with Crippen LogP contribution in [-0.2, 0) is 4.74 Å². The monoisotopic (exact) mass is 80.0 g/mol. The molecule has 0 heterocycles. The van der Waals surface area contributed by atoms with Crippen LogP contribution in [0.5, 0.6) is 0 Å². The van der Waals surface area contributed by atoms with Gasteiger partial charge in [-0.05, 0) is 0 Å². The van der Waals surface area contributed by atoms with E-state index in [9.17, 15) is 0 Å². The van der Waals surface area contributed by atoms with E-state index in [1.54, 1.807) is 0 Å². The minimum atomic E-state index is 0. The fourth-order valence-corrected chi connectivity index (χ4v) is 0. The van der Waals surface area contributed by atoms with E-state index in [-0.39, 0.29) is 12.4 Å². The summed E-state index contributed by atoms with van der Waals surface area (Å²) in [5.74, 6) is 0. The first-order valence-corrected chi connectivity index (χ1v) is 0.697. The van der Waals surface area contributed by atoms with Crippen LogP contribution >= 0.6 is 0 Å². The molecule has 0 rings (SSSR count). The molecule has 0 amide bonds. The molecule has 0 N–H and O–H groups in total. The second-order valence-corrected chi connectivity index (χ2v) is 0.289. The molecule has 0 spiro atoms. The Balaban J connectivity index is 0. The molecule has 0 aliphatic rings. The molecule has 0 unspecified atom stereocenters. The second-order valence-electron chi connectivity index (χ2n) is 0.289. The van der Waals surface area contributed by atoms with Gasteiger partial charge in [0, 0.05) is 0 Å². The third kappa shape index (κ3) is 185. The van der Waals surface area contributed by atoms with Gasteiger partial charge in [-0.25, -0.2) is 4.74 Å². The van der Waals surface area contributed by atoms with Gasteiger partial charge < -0.3 is 12.4 Å². The summed E-state index contributed by atoms with van der Waals surface area (Å²) in [4.78, 5) is 0. The molecule has 0 atom stereocenters. The minimum absolute atomic E-state index is 0. The van der Waals surface area contributed by atoms with Crippen molar-refractivity contribution in [3.05, 3.63) is 7.11 Å². The Morgan fingerprint density at radius 2 is 1.75 bits per heavy atom. The average Bonchev–Trinajstić information content (AvgIpc) is 0.918. The Kier molecular flexibility index (Phi) is 24.9. The van der Waals surface area contributed by atoms with E-state index in [0.29, 0.717) is 0 Å². The van der Waals surface area contributed by atoms with Gasteiger partial charge in [0.2, 0.25) is 7.11 Å². The first-order chi connectivity index (χ1) is 1.41. The standard InChI is InChI=1S/C2H5O.ClH/c1-3-2;/h1H2,2H3;1H/q+1;/p-1. The van der Waals surface area contributed by atoms with E-state index in [2.05, 4.69) is 11.8 Å². The molecule has 0 bridgehead atoms. The lowest BCUT2D eigenvalue weighted by Crippen LogP contribution is -3.00. The molecular formula is C2H5ClO. The van der Waals surface area contributed by atoms with E-state index in [1.165, 1.54) is 7.11 Å². The topological polar surface area (TPSA) is 9.23 Å². The Morgan fingerprint density at radius 1 is 1.75 bits per heavy atom. The molecule has 0 radical (unpaired) electrons. The van der Waals surface area contributed by atoms with Crippen molar-refractivity contribution >= 4 is 0 Å². The number of hydrogen-bond donors (Lipinski definition) is 0. The number of methoxy groups -OCH3 is 1. The van der Waals surface area contributed by atoms with Crippen molar-refractivity contribution in [1.82, 2.24) is 0 Å². The molecule has 1 nitrogen and oxygen atoms in total. The number of hydrogen-bond acceptors (Lipinski definition) is 1. The second kappa shape index (κ2) is 11.2. The maximum Gasteiger partial charge on any atom is 0.212 e. The normalized spacial score (nSPS) is 4.25. The molecule has 0 fully saturated rings. The summed E-state index contributed by atoms with van der Waals surface area (Å²) in [7, 11) is 4.50. The van der Waals surface area contributed by atoms with E-state index >= 15 is 0 Å². The van der Waals surface area contributed by atoms with E-state index in [1.807, 2.05) is 0 Å². The molecule has 0 aromatic carbocycles. The smallest absolute Gasteiger partial charge is 0.212 e. The van der Waals surface area contributed by atoms with Gasteiger partial charge in [-0.1, -0.05) is 0 Å². The summed E-state index contributed by atoms with van der Waals surface area (Å²) in [6.07, 6.45) is 0. The Bertz CT molecular complexity index is 6.00. The fraction of sp³-hybridized carbons (Fsp3) is 0.500. The van der Waals surface area contributed by atoms with E-state index in [0.717, 1.165) is 0 Å². The highest BCUT2D eigenvalue weighted by atomic mass is 35.5. The van der Waals surface area contributed by atoms with Crippen LogP contribution in [0.3, 0.4) is 0 Å². The number of halogens is 1. The molecule has 2 heteroatoms. The highest BCUT2D eigenvalue weighted by molar-refractivity contribution is 3.81. The van der Waals surface area contributed by atoms with Crippen LogP contribution in [-0.4, -0.2) is 7.11 Å². The molecule has 0 aromatic heterocycles. The zero-order chi connectivity index (χ0) is 2.71. The van der Waals surface area contributed by atoms with Gasteiger partial charge in [-0.15, -0.1) is 0 Å². The zero-order valence-corrected chi connectivity index (χ0v) is 3.25. The molecule has 0 saturated carbocycles. The Morgan fingerprint density at radius 3 is 1.75 bits per heavy atom. The van der Waals surface area contributed by atoms with E-state index < -0.39 is 0 Å². The van der Waals surface area contributed by atoms with Crippen molar-refractivity contribution in [3.8, 4) is 0 Å². The molecule has 0 saturated heterocycles. The van der Waals surface area contributed by atoms with Crippen LogP contribution in [0.15, 0.2) is 0 Å². The third-order valence-corrected chi connectivity index (χ3v) is 0. The zero-order valence-electron chi connectivity index (χ0n) is 2.49. The van der Waals surface area contributed by atoms with Crippen LogP contribution in [0.25, 0.3) is 0 Å². The largest absolute Gasteiger partial charge is 1.00 e. The van der Waals surface area contributed by atoms with Crippen LogP contribution in [0.2, 0.25) is 0 Å². The van der Waals surface area contributed by atoms with Crippen molar-refractivity contribution in [2.75, 3.05) is 7.11 Å². The highest BCUT2D eigenvalue weighted by Crippen LogP contribution is 1.36.